The number of fused-ring (bicyclic) bond motifs is 1. The summed E-state index contributed by atoms with van der Waals surface area (Å²) in [6.45, 7) is 4.03. The predicted molar refractivity (Wildman–Crippen MR) is 98.9 cm³/mol. The zero-order valence-electron chi connectivity index (χ0n) is 14.2. The Morgan fingerprint density at radius 1 is 1.19 bits per heavy atom. The first-order chi connectivity index (χ1) is 12.6. The summed E-state index contributed by atoms with van der Waals surface area (Å²) >= 11 is 1.28. The van der Waals surface area contributed by atoms with Crippen molar-refractivity contribution in [2.24, 2.45) is 0 Å². The molecule has 1 aromatic carbocycles. The molecule has 0 bridgehead atoms. The topological polar surface area (TPSA) is 97.6 Å². The van der Waals surface area contributed by atoms with Crippen LogP contribution in [0.3, 0.4) is 0 Å². The smallest absolute Gasteiger partial charge is 0.277 e. The number of aryl methyl sites for hydroxylation is 2. The van der Waals surface area contributed by atoms with Gasteiger partial charge in [-0.05, 0) is 49.2 Å². The first-order valence-electron chi connectivity index (χ1n) is 7.97. The summed E-state index contributed by atoms with van der Waals surface area (Å²) in [5.74, 6) is 0.736. The maximum Gasteiger partial charge on any atom is 0.277 e. The van der Waals surface area contributed by atoms with Gasteiger partial charge < -0.3 is 9.40 Å². The molecular formula is C18H15N5O2S. The van der Waals surface area contributed by atoms with Crippen molar-refractivity contribution in [1.82, 2.24) is 25.1 Å². The van der Waals surface area contributed by atoms with Crippen LogP contribution in [0, 0.1) is 13.8 Å². The van der Waals surface area contributed by atoms with Crippen LogP contribution in [0.4, 0.5) is 0 Å². The van der Waals surface area contributed by atoms with E-state index < -0.39 is 0 Å². The maximum atomic E-state index is 12.3. The number of nitrogens with one attached hydrogen (secondary N) is 1. The molecule has 4 aromatic rings. The van der Waals surface area contributed by atoms with E-state index in [1.54, 1.807) is 18.5 Å². The molecule has 0 aliphatic carbocycles. The second-order valence-corrected chi connectivity index (χ2v) is 6.80. The molecule has 0 atom stereocenters. The number of hydrogen-bond donors (Lipinski definition) is 1. The van der Waals surface area contributed by atoms with Gasteiger partial charge in [-0.3, -0.25) is 9.78 Å². The van der Waals surface area contributed by atoms with E-state index in [2.05, 4.69) is 25.1 Å². The summed E-state index contributed by atoms with van der Waals surface area (Å²) in [5.41, 5.74) is 4.72. The van der Waals surface area contributed by atoms with Crippen molar-refractivity contribution in [1.29, 1.82) is 0 Å². The number of H-pyrrole nitrogens is 1. The highest BCUT2D eigenvalue weighted by Gasteiger charge is 2.12. The van der Waals surface area contributed by atoms with Gasteiger partial charge in [-0.25, -0.2) is 4.98 Å². The number of rotatable bonds is 4. The molecule has 0 spiro atoms. The van der Waals surface area contributed by atoms with E-state index in [-0.39, 0.29) is 5.56 Å². The van der Waals surface area contributed by atoms with E-state index in [0.717, 1.165) is 27.7 Å². The lowest BCUT2D eigenvalue weighted by atomic mass is 10.1. The molecule has 0 aliphatic rings. The molecule has 0 aliphatic heterocycles. The van der Waals surface area contributed by atoms with Gasteiger partial charge in [0, 0.05) is 12.4 Å². The van der Waals surface area contributed by atoms with Crippen molar-refractivity contribution in [3.05, 3.63) is 63.8 Å². The summed E-state index contributed by atoms with van der Waals surface area (Å²) in [6, 6.07) is 7.56. The van der Waals surface area contributed by atoms with E-state index >= 15 is 0 Å². The lowest BCUT2D eigenvalue weighted by Gasteiger charge is -2.05. The van der Waals surface area contributed by atoms with Gasteiger partial charge >= 0.3 is 0 Å². The fraction of sp³-hybridized carbons (Fsp3) is 0.167. The Morgan fingerprint density at radius 2 is 2.04 bits per heavy atom. The van der Waals surface area contributed by atoms with E-state index in [0.29, 0.717) is 22.6 Å². The monoisotopic (exact) mass is 365 g/mol. The van der Waals surface area contributed by atoms with Crippen molar-refractivity contribution in [2.75, 3.05) is 0 Å². The summed E-state index contributed by atoms with van der Waals surface area (Å²) in [5, 5.41) is 8.39. The molecule has 3 heterocycles. The zero-order chi connectivity index (χ0) is 18.1. The number of benzene rings is 1. The molecule has 1 N–H and O–H groups in total. The highest BCUT2D eigenvalue weighted by molar-refractivity contribution is 7.98. The quantitative estimate of drug-likeness (QED) is 0.554. The molecule has 26 heavy (non-hydrogen) atoms. The van der Waals surface area contributed by atoms with Crippen molar-refractivity contribution in [3.63, 3.8) is 0 Å². The SMILES string of the molecule is Cc1cc2nc(CSc3nnc(-c4cccnc4)o3)c(=O)[nH]c2cc1C. The second kappa shape index (κ2) is 6.72. The summed E-state index contributed by atoms with van der Waals surface area (Å²) in [6.07, 6.45) is 3.33. The number of thioether (sulfide) groups is 1. The van der Waals surface area contributed by atoms with Gasteiger partial charge in [0.05, 0.1) is 22.3 Å². The minimum Gasteiger partial charge on any atom is -0.411 e. The summed E-state index contributed by atoms with van der Waals surface area (Å²) in [7, 11) is 0. The molecule has 0 saturated heterocycles. The van der Waals surface area contributed by atoms with Gasteiger partial charge in [0.25, 0.3) is 10.8 Å². The summed E-state index contributed by atoms with van der Waals surface area (Å²) in [4.78, 5) is 23.7. The average molecular weight is 365 g/mol. The molecule has 7 nitrogen and oxygen atoms in total. The molecular weight excluding hydrogens is 350 g/mol. The van der Waals surface area contributed by atoms with E-state index in [1.807, 2.05) is 32.0 Å². The van der Waals surface area contributed by atoms with Gasteiger partial charge in [0.15, 0.2) is 0 Å². The van der Waals surface area contributed by atoms with Gasteiger partial charge in [-0.15, -0.1) is 10.2 Å². The van der Waals surface area contributed by atoms with E-state index in [1.165, 1.54) is 11.8 Å². The highest BCUT2D eigenvalue weighted by Crippen LogP contribution is 2.24. The van der Waals surface area contributed by atoms with Gasteiger partial charge in [0.1, 0.15) is 5.69 Å². The molecule has 4 rings (SSSR count). The standard InChI is InChI=1S/C18H15N5O2S/c1-10-6-13-14(7-11(10)2)21-16(24)15(20-13)9-26-18-23-22-17(25-18)12-4-3-5-19-8-12/h3-8H,9H2,1-2H3,(H,21,24). The Balaban J connectivity index is 1.56. The maximum absolute atomic E-state index is 12.3. The average Bonchev–Trinajstić information content (AvgIpc) is 3.11. The van der Waals surface area contributed by atoms with Gasteiger partial charge in [-0.2, -0.15) is 0 Å². The van der Waals surface area contributed by atoms with Crippen molar-refractivity contribution >= 4 is 22.8 Å². The normalized spacial score (nSPS) is 11.2. The fourth-order valence-corrected chi connectivity index (χ4v) is 3.18. The van der Waals surface area contributed by atoms with Crippen LogP contribution in [-0.2, 0) is 5.75 Å². The van der Waals surface area contributed by atoms with E-state index in [4.69, 9.17) is 4.42 Å². The van der Waals surface area contributed by atoms with Gasteiger partial charge in [-0.1, -0.05) is 11.8 Å². The van der Waals surface area contributed by atoms with Crippen molar-refractivity contribution < 1.29 is 4.42 Å². The predicted octanol–water partition coefficient (Wildman–Crippen LogP) is 3.28. The lowest BCUT2D eigenvalue weighted by molar-refractivity contribution is 0.465. The minimum atomic E-state index is -0.208. The second-order valence-electron chi connectivity index (χ2n) is 5.87. The van der Waals surface area contributed by atoms with Gasteiger partial charge in [0.2, 0.25) is 5.89 Å². The first kappa shape index (κ1) is 16.5. The molecule has 8 heteroatoms. The zero-order valence-corrected chi connectivity index (χ0v) is 15.0. The van der Waals surface area contributed by atoms with E-state index in [9.17, 15) is 4.79 Å². The first-order valence-corrected chi connectivity index (χ1v) is 8.95. The van der Waals surface area contributed by atoms with Crippen LogP contribution in [0.25, 0.3) is 22.5 Å². The van der Waals surface area contributed by atoms with Crippen molar-refractivity contribution in [2.45, 2.75) is 24.8 Å². The molecule has 0 unspecified atom stereocenters. The summed E-state index contributed by atoms with van der Waals surface area (Å²) < 4.78 is 5.61. The van der Waals surface area contributed by atoms with Crippen molar-refractivity contribution in [3.8, 4) is 11.5 Å². The number of aromatic amines is 1. The number of hydrogen-bond acceptors (Lipinski definition) is 7. The molecule has 3 aromatic heterocycles. The van der Waals surface area contributed by atoms with Crippen LogP contribution in [0.15, 0.2) is 51.1 Å². The Labute approximate surface area is 152 Å². The molecule has 0 radical (unpaired) electrons. The van der Waals surface area contributed by atoms with Crippen LogP contribution in [-0.4, -0.2) is 25.1 Å². The van der Waals surface area contributed by atoms with Crippen LogP contribution < -0.4 is 5.56 Å². The number of nitrogens with zero attached hydrogens (tertiary/aromatic N) is 4. The van der Waals surface area contributed by atoms with Crippen LogP contribution in [0.5, 0.6) is 0 Å². The Bertz CT molecular complexity index is 1140. The third-order valence-corrected chi connectivity index (χ3v) is 4.85. The molecule has 130 valence electrons. The third-order valence-electron chi connectivity index (χ3n) is 4.03. The van der Waals surface area contributed by atoms with Crippen LogP contribution in [0.2, 0.25) is 0 Å². The fourth-order valence-electron chi connectivity index (χ4n) is 2.49. The third kappa shape index (κ3) is 3.23. The Hall–Kier alpha value is -3.00. The van der Waals surface area contributed by atoms with Crippen LogP contribution in [0.1, 0.15) is 16.8 Å². The molecule has 0 amide bonds. The highest BCUT2D eigenvalue weighted by atomic mass is 32.2. The van der Waals surface area contributed by atoms with Crippen LogP contribution >= 0.6 is 11.8 Å². The number of aromatic nitrogens is 5. The number of pyridine rings is 1. The largest absolute Gasteiger partial charge is 0.411 e. The Kier molecular flexibility index (Phi) is 4.26. The minimum absolute atomic E-state index is 0.208. The Morgan fingerprint density at radius 3 is 2.85 bits per heavy atom. The molecule has 0 saturated carbocycles. The lowest BCUT2D eigenvalue weighted by Crippen LogP contribution is -2.14. The molecule has 0 fully saturated rings.